The van der Waals surface area contributed by atoms with Crippen molar-refractivity contribution in [3.05, 3.63) is 42.0 Å². The first-order chi connectivity index (χ1) is 10.4. The lowest BCUT2D eigenvalue weighted by Gasteiger charge is -2.05. The normalized spacial score (nSPS) is 11.8. The summed E-state index contributed by atoms with van der Waals surface area (Å²) in [6.07, 6.45) is -4.39. The van der Waals surface area contributed by atoms with Gasteiger partial charge in [0.05, 0.1) is 23.7 Å². The molecule has 0 saturated carbocycles. The fourth-order valence-corrected chi connectivity index (χ4v) is 2.20. The molecule has 0 aliphatic carbocycles. The second-order valence-corrected chi connectivity index (χ2v) is 4.77. The van der Waals surface area contributed by atoms with Crippen molar-refractivity contribution in [3.8, 4) is 17.1 Å². The standard InChI is InChI=1S/C15H12F3N3O/c1-22-9-3-4-10(11(19)7-9)14-20-12-5-2-8(15(16,17)18)6-13(12)21-14/h2-7H,19H2,1H3,(H,20,21). The van der Waals surface area contributed by atoms with E-state index in [-0.39, 0.29) is 0 Å². The maximum atomic E-state index is 12.7. The number of aromatic nitrogens is 2. The van der Waals surface area contributed by atoms with Gasteiger partial charge in [0.1, 0.15) is 11.6 Å². The van der Waals surface area contributed by atoms with Gasteiger partial charge in [-0.2, -0.15) is 13.2 Å². The molecule has 0 unspecified atom stereocenters. The van der Waals surface area contributed by atoms with Gasteiger partial charge < -0.3 is 15.5 Å². The second kappa shape index (κ2) is 4.94. The second-order valence-electron chi connectivity index (χ2n) is 4.77. The number of H-pyrrole nitrogens is 1. The molecule has 3 rings (SSSR count). The Morgan fingerprint density at radius 1 is 1.14 bits per heavy atom. The molecule has 0 atom stereocenters. The topological polar surface area (TPSA) is 63.9 Å². The van der Waals surface area contributed by atoms with Gasteiger partial charge in [0.2, 0.25) is 0 Å². The maximum absolute atomic E-state index is 12.7. The number of hydrogen-bond donors (Lipinski definition) is 2. The Labute approximate surface area is 123 Å². The Hall–Kier alpha value is -2.70. The molecule has 0 bridgehead atoms. The minimum atomic E-state index is -4.39. The van der Waals surface area contributed by atoms with Crippen LogP contribution >= 0.6 is 0 Å². The van der Waals surface area contributed by atoms with Crippen LogP contribution in [0.5, 0.6) is 5.75 Å². The average Bonchev–Trinajstić information content (AvgIpc) is 2.88. The zero-order valence-electron chi connectivity index (χ0n) is 11.5. The highest BCUT2D eigenvalue weighted by molar-refractivity contribution is 5.83. The van der Waals surface area contributed by atoms with Crippen molar-refractivity contribution >= 4 is 16.7 Å². The summed E-state index contributed by atoms with van der Waals surface area (Å²) in [6.45, 7) is 0. The first-order valence-electron chi connectivity index (χ1n) is 6.39. The van der Waals surface area contributed by atoms with Crippen molar-refractivity contribution in [1.82, 2.24) is 9.97 Å². The van der Waals surface area contributed by atoms with Crippen LogP contribution in [-0.4, -0.2) is 17.1 Å². The highest BCUT2D eigenvalue weighted by Crippen LogP contribution is 2.33. The van der Waals surface area contributed by atoms with E-state index in [1.54, 1.807) is 18.2 Å². The van der Waals surface area contributed by atoms with Gasteiger partial charge in [-0.25, -0.2) is 4.98 Å². The molecule has 0 amide bonds. The van der Waals surface area contributed by atoms with Gasteiger partial charge in [0.25, 0.3) is 0 Å². The molecule has 2 aromatic carbocycles. The van der Waals surface area contributed by atoms with E-state index in [4.69, 9.17) is 10.5 Å². The van der Waals surface area contributed by atoms with E-state index in [2.05, 4.69) is 9.97 Å². The van der Waals surface area contributed by atoms with E-state index in [1.807, 2.05) is 0 Å². The van der Waals surface area contributed by atoms with Crippen LogP contribution in [0.2, 0.25) is 0 Å². The van der Waals surface area contributed by atoms with Gasteiger partial charge in [-0.3, -0.25) is 0 Å². The van der Waals surface area contributed by atoms with Crippen LogP contribution < -0.4 is 10.5 Å². The number of benzene rings is 2. The number of methoxy groups -OCH3 is 1. The van der Waals surface area contributed by atoms with E-state index in [0.29, 0.717) is 33.9 Å². The quantitative estimate of drug-likeness (QED) is 0.707. The molecule has 0 saturated heterocycles. The molecule has 0 aliphatic heterocycles. The Balaban J connectivity index is 2.09. The largest absolute Gasteiger partial charge is 0.497 e. The predicted octanol–water partition coefficient (Wildman–Crippen LogP) is 3.84. The average molecular weight is 307 g/mol. The molecule has 1 aromatic heterocycles. The van der Waals surface area contributed by atoms with E-state index >= 15 is 0 Å². The lowest BCUT2D eigenvalue weighted by atomic mass is 10.1. The number of hydrogen-bond acceptors (Lipinski definition) is 3. The van der Waals surface area contributed by atoms with Gasteiger partial charge in [-0.15, -0.1) is 0 Å². The van der Waals surface area contributed by atoms with E-state index < -0.39 is 11.7 Å². The number of fused-ring (bicyclic) bond motifs is 1. The van der Waals surface area contributed by atoms with Crippen molar-refractivity contribution in [3.63, 3.8) is 0 Å². The number of nitrogens with zero attached hydrogens (tertiary/aromatic N) is 1. The zero-order chi connectivity index (χ0) is 15.9. The number of rotatable bonds is 2. The van der Waals surface area contributed by atoms with Gasteiger partial charge in [0.15, 0.2) is 0 Å². The molecule has 3 aromatic rings. The van der Waals surface area contributed by atoms with Crippen molar-refractivity contribution in [1.29, 1.82) is 0 Å². The van der Waals surface area contributed by atoms with Gasteiger partial charge in [-0.05, 0) is 30.3 Å². The first-order valence-corrected chi connectivity index (χ1v) is 6.39. The van der Waals surface area contributed by atoms with Gasteiger partial charge in [-0.1, -0.05) is 0 Å². The van der Waals surface area contributed by atoms with Crippen LogP contribution in [0.1, 0.15) is 5.56 Å². The number of nitrogens with two attached hydrogens (primary N) is 1. The molecule has 4 nitrogen and oxygen atoms in total. The summed E-state index contributed by atoms with van der Waals surface area (Å²) < 4.78 is 43.2. The number of alkyl halides is 3. The summed E-state index contributed by atoms with van der Waals surface area (Å²) in [7, 11) is 1.52. The molecule has 22 heavy (non-hydrogen) atoms. The van der Waals surface area contributed by atoms with Crippen LogP contribution in [0, 0.1) is 0 Å². The Morgan fingerprint density at radius 3 is 2.55 bits per heavy atom. The van der Waals surface area contributed by atoms with E-state index in [0.717, 1.165) is 12.1 Å². The molecule has 1 heterocycles. The number of aromatic amines is 1. The molecule has 114 valence electrons. The van der Waals surface area contributed by atoms with Crippen molar-refractivity contribution in [2.24, 2.45) is 0 Å². The molecule has 0 fully saturated rings. The zero-order valence-corrected chi connectivity index (χ0v) is 11.5. The number of ether oxygens (including phenoxy) is 1. The van der Waals surface area contributed by atoms with Crippen molar-refractivity contribution in [2.75, 3.05) is 12.8 Å². The van der Waals surface area contributed by atoms with Crippen LogP contribution in [-0.2, 0) is 6.18 Å². The number of nitrogen functional groups attached to an aromatic ring is 1. The maximum Gasteiger partial charge on any atom is 0.416 e. The van der Waals surface area contributed by atoms with E-state index in [9.17, 15) is 13.2 Å². The van der Waals surface area contributed by atoms with Crippen LogP contribution in [0.15, 0.2) is 36.4 Å². The summed E-state index contributed by atoms with van der Waals surface area (Å²) in [4.78, 5) is 7.15. The predicted molar refractivity (Wildman–Crippen MR) is 77.5 cm³/mol. The van der Waals surface area contributed by atoms with Gasteiger partial charge in [0, 0.05) is 17.3 Å². The minimum Gasteiger partial charge on any atom is -0.497 e. The van der Waals surface area contributed by atoms with E-state index in [1.165, 1.54) is 13.2 Å². The van der Waals surface area contributed by atoms with Crippen LogP contribution in [0.4, 0.5) is 18.9 Å². The molecule has 0 spiro atoms. The molecular weight excluding hydrogens is 295 g/mol. The third kappa shape index (κ3) is 2.45. The third-order valence-corrected chi connectivity index (χ3v) is 3.32. The summed E-state index contributed by atoms with van der Waals surface area (Å²) in [5.74, 6) is 1.01. The van der Waals surface area contributed by atoms with Crippen molar-refractivity contribution in [2.45, 2.75) is 6.18 Å². The number of halogens is 3. The molecule has 3 N–H and O–H groups in total. The molecule has 0 aliphatic rings. The Morgan fingerprint density at radius 2 is 1.91 bits per heavy atom. The van der Waals surface area contributed by atoms with Crippen LogP contribution in [0.3, 0.4) is 0 Å². The summed E-state index contributed by atoms with van der Waals surface area (Å²) >= 11 is 0. The van der Waals surface area contributed by atoms with Crippen LogP contribution in [0.25, 0.3) is 22.4 Å². The fraction of sp³-hybridized carbons (Fsp3) is 0.133. The highest BCUT2D eigenvalue weighted by Gasteiger charge is 2.30. The summed E-state index contributed by atoms with van der Waals surface area (Å²) in [6, 6.07) is 8.41. The monoisotopic (exact) mass is 307 g/mol. The lowest BCUT2D eigenvalue weighted by molar-refractivity contribution is -0.137. The number of nitrogens with one attached hydrogen (secondary N) is 1. The number of imidazole rings is 1. The number of anilines is 1. The Kier molecular flexibility index (Phi) is 3.20. The fourth-order valence-electron chi connectivity index (χ4n) is 2.20. The summed E-state index contributed by atoms with van der Waals surface area (Å²) in [5, 5.41) is 0. The summed E-state index contributed by atoms with van der Waals surface area (Å²) in [5.41, 5.74) is 6.98. The minimum absolute atomic E-state index is 0.306. The molecular formula is C15H12F3N3O. The molecule has 0 radical (unpaired) electrons. The van der Waals surface area contributed by atoms with Crippen molar-refractivity contribution < 1.29 is 17.9 Å². The highest BCUT2D eigenvalue weighted by atomic mass is 19.4. The van der Waals surface area contributed by atoms with Gasteiger partial charge >= 0.3 is 6.18 Å². The lowest BCUT2D eigenvalue weighted by Crippen LogP contribution is -2.04. The third-order valence-electron chi connectivity index (χ3n) is 3.32. The SMILES string of the molecule is COc1ccc(-c2nc3ccc(C(F)(F)F)cc3[nH]2)c(N)c1. The molecule has 7 heteroatoms. The first kappa shape index (κ1) is 14.2. The smallest absolute Gasteiger partial charge is 0.416 e. The Bertz CT molecular complexity index is 840.